The van der Waals surface area contributed by atoms with E-state index in [9.17, 15) is 0 Å². The molecule has 14 heavy (non-hydrogen) atoms. The maximum absolute atomic E-state index is 3.73. The molecule has 0 aliphatic carbocycles. The zero-order chi connectivity index (χ0) is 10.4. The van der Waals surface area contributed by atoms with Gasteiger partial charge in [-0.05, 0) is 48.3 Å². The fraction of sp³-hybridized carbons (Fsp3) is 0.455. The normalized spacial score (nSPS) is 12.7. The van der Waals surface area contributed by atoms with Crippen molar-refractivity contribution in [3.63, 3.8) is 0 Å². The van der Waals surface area contributed by atoms with Gasteiger partial charge in [-0.25, -0.2) is 0 Å². The lowest BCUT2D eigenvalue weighted by Crippen LogP contribution is -2.14. The van der Waals surface area contributed by atoms with E-state index in [1.807, 2.05) is 13.1 Å². The van der Waals surface area contributed by atoms with Gasteiger partial charge in [0.2, 0.25) is 0 Å². The van der Waals surface area contributed by atoms with Crippen molar-refractivity contribution in [1.29, 1.82) is 0 Å². The summed E-state index contributed by atoms with van der Waals surface area (Å²) in [7, 11) is 2.02. The number of hydrogen-bond acceptors (Lipinski definition) is 2. The molecule has 1 unspecified atom stereocenters. The van der Waals surface area contributed by atoms with Gasteiger partial charge in [0.15, 0.2) is 0 Å². The van der Waals surface area contributed by atoms with Crippen LogP contribution < -0.4 is 5.32 Å². The van der Waals surface area contributed by atoms with Crippen LogP contribution in [-0.2, 0) is 0 Å². The van der Waals surface area contributed by atoms with Gasteiger partial charge in [0, 0.05) is 20.8 Å². The lowest BCUT2D eigenvalue weighted by Gasteiger charge is -2.13. The van der Waals surface area contributed by atoms with Gasteiger partial charge < -0.3 is 5.32 Å². The quantitative estimate of drug-likeness (QED) is 0.607. The van der Waals surface area contributed by atoms with E-state index in [1.54, 1.807) is 11.3 Å². The van der Waals surface area contributed by atoms with Gasteiger partial charge in [-0.1, -0.05) is 6.08 Å². The van der Waals surface area contributed by atoms with Gasteiger partial charge in [-0.15, -0.1) is 17.9 Å². The minimum atomic E-state index is 0.492. The van der Waals surface area contributed by atoms with Crippen molar-refractivity contribution in [3.05, 3.63) is 33.5 Å². The van der Waals surface area contributed by atoms with Crippen LogP contribution in [0.1, 0.15) is 30.2 Å². The molecule has 1 aromatic rings. The Kier molecular flexibility index (Phi) is 5.45. The number of thiophene rings is 1. The molecule has 0 amide bonds. The number of nitrogens with one attached hydrogen (secondary N) is 1. The highest BCUT2D eigenvalue weighted by atomic mass is 79.9. The third-order valence-electron chi connectivity index (χ3n) is 2.18. The Morgan fingerprint density at radius 2 is 2.50 bits per heavy atom. The van der Waals surface area contributed by atoms with Gasteiger partial charge in [-0.3, -0.25) is 0 Å². The highest BCUT2D eigenvalue weighted by Gasteiger charge is 2.10. The molecule has 1 aromatic heterocycles. The lowest BCUT2D eigenvalue weighted by atomic mass is 10.1. The first-order chi connectivity index (χ1) is 6.77. The van der Waals surface area contributed by atoms with Crippen LogP contribution in [0.4, 0.5) is 0 Å². The Balaban J connectivity index is 2.49. The summed E-state index contributed by atoms with van der Waals surface area (Å²) in [5.41, 5.74) is 0. The van der Waals surface area contributed by atoms with Gasteiger partial charge in [0.1, 0.15) is 0 Å². The first kappa shape index (κ1) is 12.0. The van der Waals surface area contributed by atoms with E-state index in [-0.39, 0.29) is 0 Å². The summed E-state index contributed by atoms with van der Waals surface area (Å²) in [6, 6.07) is 2.69. The SMILES string of the molecule is C=CCCCC(NC)c1cc(Br)cs1. The van der Waals surface area contributed by atoms with Crippen LogP contribution in [0, 0.1) is 0 Å². The summed E-state index contributed by atoms with van der Waals surface area (Å²) in [6.45, 7) is 3.73. The second kappa shape index (κ2) is 6.38. The first-order valence-corrected chi connectivity index (χ1v) is 6.47. The predicted molar refractivity (Wildman–Crippen MR) is 67.9 cm³/mol. The molecule has 0 aromatic carbocycles. The van der Waals surface area contributed by atoms with Crippen molar-refractivity contribution >= 4 is 27.3 Å². The molecule has 1 rings (SSSR count). The number of hydrogen-bond donors (Lipinski definition) is 1. The fourth-order valence-corrected chi connectivity index (χ4v) is 3.00. The number of rotatable bonds is 6. The summed E-state index contributed by atoms with van der Waals surface area (Å²) in [5, 5.41) is 5.48. The van der Waals surface area contributed by atoms with Crippen LogP contribution in [0.15, 0.2) is 28.6 Å². The van der Waals surface area contributed by atoms with Gasteiger partial charge in [0.05, 0.1) is 0 Å². The molecule has 0 aliphatic rings. The Morgan fingerprint density at radius 1 is 1.71 bits per heavy atom. The summed E-state index contributed by atoms with van der Waals surface area (Å²) in [6.07, 6.45) is 5.46. The zero-order valence-corrected chi connectivity index (χ0v) is 10.8. The van der Waals surface area contributed by atoms with Gasteiger partial charge in [0.25, 0.3) is 0 Å². The molecule has 0 spiro atoms. The standard InChI is InChI=1S/C11H16BrNS/c1-3-4-5-6-10(13-2)11-7-9(12)8-14-11/h3,7-8,10,13H,1,4-6H2,2H3. The first-order valence-electron chi connectivity index (χ1n) is 4.80. The Labute approximate surface area is 98.4 Å². The summed E-state index contributed by atoms with van der Waals surface area (Å²) < 4.78 is 1.18. The predicted octanol–water partition coefficient (Wildman–Crippen LogP) is 4.13. The second-order valence-corrected chi connectivity index (χ2v) is 5.09. The molecule has 1 atom stereocenters. The van der Waals surface area contributed by atoms with E-state index in [4.69, 9.17) is 0 Å². The van der Waals surface area contributed by atoms with Gasteiger partial charge >= 0.3 is 0 Å². The molecule has 0 aliphatic heterocycles. The average Bonchev–Trinajstić information content (AvgIpc) is 2.60. The number of halogens is 1. The molecule has 1 N–H and O–H groups in total. The zero-order valence-electron chi connectivity index (χ0n) is 8.42. The van der Waals surface area contributed by atoms with Crippen LogP contribution in [0.25, 0.3) is 0 Å². The molecule has 1 nitrogen and oxygen atoms in total. The Morgan fingerprint density at radius 3 is 3.00 bits per heavy atom. The smallest absolute Gasteiger partial charge is 0.0412 e. The van der Waals surface area contributed by atoms with E-state index in [1.165, 1.54) is 22.2 Å². The molecular formula is C11H16BrNS. The number of allylic oxidation sites excluding steroid dienone is 1. The average molecular weight is 274 g/mol. The van der Waals surface area contributed by atoms with Crippen molar-refractivity contribution in [1.82, 2.24) is 5.32 Å². The van der Waals surface area contributed by atoms with Crippen LogP contribution in [0.2, 0.25) is 0 Å². The fourth-order valence-electron chi connectivity index (χ4n) is 1.41. The molecule has 0 radical (unpaired) electrons. The molecule has 3 heteroatoms. The molecule has 1 heterocycles. The number of unbranched alkanes of at least 4 members (excludes halogenated alkanes) is 1. The maximum Gasteiger partial charge on any atom is 0.0412 e. The van der Waals surface area contributed by atoms with E-state index in [2.05, 4.69) is 39.3 Å². The van der Waals surface area contributed by atoms with Crippen molar-refractivity contribution in [2.75, 3.05) is 7.05 Å². The second-order valence-electron chi connectivity index (χ2n) is 3.23. The van der Waals surface area contributed by atoms with E-state index >= 15 is 0 Å². The molecule has 0 saturated carbocycles. The van der Waals surface area contributed by atoms with Crippen molar-refractivity contribution in [2.45, 2.75) is 25.3 Å². The van der Waals surface area contributed by atoms with Crippen molar-refractivity contribution < 1.29 is 0 Å². The van der Waals surface area contributed by atoms with E-state index in [0.717, 1.165) is 6.42 Å². The van der Waals surface area contributed by atoms with Crippen molar-refractivity contribution in [3.8, 4) is 0 Å². The van der Waals surface area contributed by atoms with Crippen LogP contribution >= 0.6 is 27.3 Å². The Hall–Kier alpha value is -0.120. The molecular weight excluding hydrogens is 258 g/mol. The van der Waals surface area contributed by atoms with Crippen LogP contribution in [-0.4, -0.2) is 7.05 Å². The monoisotopic (exact) mass is 273 g/mol. The third kappa shape index (κ3) is 3.56. The largest absolute Gasteiger partial charge is 0.312 e. The Bertz CT molecular complexity index is 283. The van der Waals surface area contributed by atoms with Crippen LogP contribution in [0.3, 0.4) is 0 Å². The molecule has 0 bridgehead atoms. The molecule has 0 fully saturated rings. The van der Waals surface area contributed by atoms with Crippen LogP contribution in [0.5, 0.6) is 0 Å². The minimum Gasteiger partial charge on any atom is -0.312 e. The van der Waals surface area contributed by atoms with E-state index in [0.29, 0.717) is 6.04 Å². The van der Waals surface area contributed by atoms with E-state index < -0.39 is 0 Å². The minimum absolute atomic E-state index is 0.492. The maximum atomic E-state index is 3.73. The highest BCUT2D eigenvalue weighted by molar-refractivity contribution is 9.10. The summed E-state index contributed by atoms with van der Waals surface area (Å²) >= 11 is 5.28. The molecule has 78 valence electrons. The van der Waals surface area contributed by atoms with Crippen molar-refractivity contribution in [2.24, 2.45) is 0 Å². The summed E-state index contributed by atoms with van der Waals surface area (Å²) in [4.78, 5) is 1.41. The lowest BCUT2D eigenvalue weighted by molar-refractivity contribution is 0.538. The third-order valence-corrected chi connectivity index (χ3v) is 3.99. The highest BCUT2D eigenvalue weighted by Crippen LogP contribution is 2.28. The molecule has 0 saturated heterocycles. The summed E-state index contributed by atoms with van der Waals surface area (Å²) in [5.74, 6) is 0. The topological polar surface area (TPSA) is 12.0 Å². The van der Waals surface area contributed by atoms with Gasteiger partial charge in [-0.2, -0.15) is 0 Å².